The maximum atomic E-state index is 12.2. The van der Waals surface area contributed by atoms with Crippen LogP contribution in [0.2, 0.25) is 0 Å². The third-order valence-electron chi connectivity index (χ3n) is 3.37. The highest BCUT2D eigenvalue weighted by Gasteiger charge is 2.13. The van der Waals surface area contributed by atoms with E-state index in [1.165, 1.54) is 0 Å². The van der Waals surface area contributed by atoms with Crippen LogP contribution < -0.4 is 4.74 Å². The number of carbonyl (C=O) groups is 1. The van der Waals surface area contributed by atoms with Crippen LogP contribution in [0, 0.1) is 5.92 Å². The summed E-state index contributed by atoms with van der Waals surface area (Å²) < 4.78 is 16.0. The lowest BCUT2D eigenvalue weighted by molar-refractivity contribution is 0.0429. The first-order valence-electron chi connectivity index (χ1n) is 8.25. The SMILES string of the molecule is CC(C)COc1cccc(C(=O)OCc2nc(-c3cccnc3)no2)c1. The molecule has 0 atom stereocenters. The minimum Gasteiger partial charge on any atom is -0.493 e. The molecule has 0 radical (unpaired) electrons. The van der Waals surface area contributed by atoms with Crippen LogP contribution in [0.5, 0.6) is 5.75 Å². The van der Waals surface area contributed by atoms with Gasteiger partial charge in [-0.05, 0) is 36.2 Å². The Bertz CT molecular complexity index is 862. The van der Waals surface area contributed by atoms with E-state index < -0.39 is 5.97 Å². The fourth-order valence-corrected chi connectivity index (χ4v) is 2.11. The van der Waals surface area contributed by atoms with Crippen molar-refractivity contribution in [3.05, 3.63) is 60.2 Å². The van der Waals surface area contributed by atoms with Gasteiger partial charge in [-0.3, -0.25) is 4.98 Å². The van der Waals surface area contributed by atoms with Crippen LogP contribution in [0.1, 0.15) is 30.1 Å². The first-order valence-corrected chi connectivity index (χ1v) is 8.25. The average Bonchev–Trinajstić information content (AvgIpc) is 3.14. The van der Waals surface area contributed by atoms with E-state index >= 15 is 0 Å². The molecule has 0 saturated heterocycles. The molecule has 0 bridgehead atoms. The van der Waals surface area contributed by atoms with E-state index in [9.17, 15) is 4.79 Å². The molecule has 134 valence electrons. The van der Waals surface area contributed by atoms with Crippen LogP contribution >= 0.6 is 0 Å². The van der Waals surface area contributed by atoms with Crippen LogP contribution in [0.3, 0.4) is 0 Å². The van der Waals surface area contributed by atoms with E-state index in [2.05, 4.69) is 29.0 Å². The number of rotatable bonds is 7. The number of hydrogen-bond donors (Lipinski definition) is 0. The van der Waals surface area contributed by atoms with Crippen molar-refractivity contribution in [2.75, 3.05) is 6.61 Å². The molecule has 0 aliphatic carbocycles. The topological polar surface area (TPSA) is 87.3 Å². The van der Waals surface area contributed by atoms with Crippen LogP contribution in [-0.4, -0.2) is 27.7 Å². The number of pyridine rings is 1. The molecule has 0 unspecified atom stereocenters. The molecular formula is C19H19N3O4. The van der Waals surface area contributed by atoms with Crippen LogP contribution in [0.4, 0.5) is 0 Å². The van der Waals surface area contributed by atoms with E-state index in [0.717, 1.165) is 5.56 Å². The largest absolute Gasteiger partial charge is 0.493 e. The lowest BCUT2D eigenvalue weighted by Crippen LogP contribution is -2.07. The number of esters is 1. The number of nitrogens with zero attached hydrogens (tertiary/aromatic N) is 3. The summed E-state index contributed by atoms with van der Waals surface area (Å²) in [5.74, 6) is 1.15. The Balaban J connectivity index is 1.59. The van der Waals surface area contributed by atoms with Gasteiger partial charge in [-0.2, -0.15) is 4.98 Å². The van der Waals surface area contributed by atoms with Gasteiger partial charge in [-0.1, -0.05) is 25.1 Å². The van der Waals surface area contributed by atoms with Crippen molar-refractivity contribution in [1.29, 1.82) is 0 Å². The Kier molecular flexibility index (Phi) is 5.58. The van der Waals surface area contributed by atoms with Crippen molar-refractivity contribution >= 4 is 5.97 Å². The molecule has 2 aromatic heterocycles. The second kappa shape index (κ2) is 8.24. The van der Waals surface area contributed by atoms with Crippen molar-refractivity contribution in [2.45, 2.75) is 20.5 Å². The summed E-state index contributed by atoms with van der Waals surface area (Å²) >= 11 is 0. The van der Waals surface area contributed by atoms with Gasteiger partial charge in [0.2, 0.25) is 5.82 Å². The number of ether oxygens (including phenoxy) is 2. The average molecular weight is 353 g/mol. The molecular weight excluding hydrogens is 334 g/mol. The smallest absolute Gasteiger partial charge is 0.338 e. The highest BCUT2D eigenvalue weighted by atomic mass is 16.6. The standard InChI is InChI=1S/C19H19N3O4/c1-13(2)11-24-16-7-3-5-14(9-16)19(23)25-12-17-21-18(22-26-17)15-6-4-8-20-10-15/h3-10,13H,11-12H2,1-2H3. The van der Waals surface area contributed by atoms with Gasteiger partial charge in [0.1, 0.15) is 5.75 Å². The van der Waals surface area contributed by atoms with Crippen LogP contribution in [0.15, 0.2) is 53.3 Å². The first-order chi connectivity index (χ1) is 12.6. The molecule has 0 fully saturated rings. The molecule has 2 heterocycles. The second-order valence-electron chi connectivity index (χ2n) is 6.06. The lowest BCUT2D eigenvalue weighted by Gasteiger charge is -2.09. The molecule has 0 aliphatic heterocycles. The Morgan fingerprint density at radius 2 is 2.12 bits per heavy atom. The molecule has 1 aromatic carbocycles. The van der Waals surface area contributed by atoms with Gasteiger partial charge >= 0.3 is 5.97 Å². The Morgan fingerprint density at radius 3 is 2.88 bits per heavy atom. The molecule has 3 rings (SSSR count). The van der Waals surface area contributed by atoms with Crippen molar-refractivity contribution < 1.29 is 18.8 Å². The maximum Gasteiger partial charge on any atom is 0.338 e. The van der Waals surface area contributed by atoms with E-state index in [1.54, 1.807) is 42.7 Å². The molecule has 0 aliphatic rings. The molecule has 3 aromatic rings. The summed E-state index contributed by atoms with van der Waals surface area (Å²) in [6.45, 7) is 4.59. The molecule has 0 spiro atoms. The molecule has 7 nitrogen and oxygen atoms in total. The summed E-state index contributed by atoms with van der Waals surface area (Å²) in [4.78, 5) is 20.4. The van der Waals surface area contributed by atoms with Gasteiger partial charge in [-0.25, -0.2) is 4.79 Å². The van der Waals surface area contributed by atoms with E-state index in [0.29, 0.717) is 29.7 Å². The van der Waals surface area contributed by atoms with Crippen molar-refractivity contribution in [3.63, 3.8) is 0 Å². The highest BCUT2D eigenvalue weighted by molar-refractivity contribution is 5.89. The Hall–Kier alpha value is -3.22. The number of hydrogen-bond acceptors (Lipinski definition) is 7. The quantitative estimate of drug-likeness (QED) is 0.600. The van der Waals surface area contributed by atoms with Crippen molar-refractivity contribution in [3.8, 4) is 17.1 Å². The van der Waals surface area contributed by atoms with E-state index in [-0.39, 0.29) is 12.5 Å². The Labute approximate surface area is 151 Å². The van der Waals surface area contributed by atoms with Gasteiger partial charge in [0.25, 0.3) is 5.89 Å². The minimum absolute atomic E-state index is 0.108. The van der Waals surface area contributed by atoms with E-state index in [4.69, 9.17) is 14.0 Å². The monoisotopic (exact) mass is 353 g/mol. The van der Waals surface area contributed by atoms with Crippen molar-refractivity contribution in [2.24, 2.45) is 5.92 Å². The summed E-state index contributed by atoms with van der Waals surface area (Å²) in [5, 5.41) is 3.85. The fraction of sp³-hybridized carbons (Fsp3) is 0.263. The number of benzene rings is 1. The van der Waals surface area contributed by atoms with Gasteiger partial charge in [0, 0.05) is 18.0 Å². The lowest BCUT2D eigenvalue weighted by atomic mass is 10.2. The zero-order chi connectivity index (χ0) is 18.4. The zero-order valence-electron chi connectivity index (χ0n) is 14.6. The van der Waals surface area contributed by atoms with Crippen LogP contribution in [0.25, 0.3) is 11.4 Å². The Morgan fingerprint density at radius 1 is 1.23 bits per heavy atom. The number of carbonyl (C=O) groups excluding carboxylic acids is 1. The summed E-state index contributed by atoms with van der Waals surface area (Å²) in [5.41, 5.74) is 1.13. The number of aromatic nitrogens is 3. The zero-order valence-corrected chi connectivity index (χ0v) is 14.6. The summed E-state index contributed by atoms with van der Waals surface area (Å²) in [7, 11) is 0. The van der Waals surface area contributed by atoms with Crippen LogP contribution in [-0.2, 0) is 11.3 Å². The summed E-state index contributed by atoms with van der Waals surface area (Å²) in [6, 6.07) is 10.5. The minimum atomic E-state index is -0.485. The molecule has 0 saturated carbocycles. The van der Waals surface area contributed by atoms with E-state index in [1.807, 2.05) is 6.07 Å². The predicted octanol–water partition coefficient (Wildman–Crippen LogP) is 3.52. The highest BCUT2D eigenvalue weighted by Crippen LogP contribution is 2.17. The fourth-order valence-electron chi connectivity index (χ4n) is 2.11. The summed E-state index contributed by atoms with van der Waals surface area (Å²) in [6.07, 6.45) is 3.29. The molecule has 0 N–H and O–H groups in total. The van der Waals surface area contributed by atoms with Gasteiger partial charge in [-0.15, -0.1) is 0 Å². The van der Waals surface area contributed by atoms with Crippen molar-refractivity contribution in [1.82, 2.24) is 15.1 Å². The molecule has 26 heavy (non-hydrogen) atoms. The van der Waals surface area contributed by atoms with Gasteiger partial charge in [0.15, 0.2) is 6.61 Å². The third-order valence-corrected chi connectivity index (χ3v) is 3.37. The maximum absolute atomic E-state index is 12.2. The predicted molar refractivity (Wildman–Crippen MR) is 93.4 cm³/mol. The third kappa shape index (κ3) is 4.66. The first kappa shape index (κ1) is 17.6. The molecule has 0 amide bonds. The van der Waals surface area contributed by atoms with Gasteiger partial charge < -0.3 is 14.0 Å². The van der Waals surface area contributed by atoms with Gasteiger partial charge in [0.05, 0.1) is 12.2 Å². The second-order valence-corrected chi connectivity index (χ2v) is 6.06. The molecule has 7 heteroatoms. The normalized spacial score (nSPS) is 10.7.